The van der Waals surface area contributed by atoms with Crippen LogP contribution in [-0.2, 0) is 0 Å². The van der Waals surface area contributed by atoms with Gasteiger partial charge in [-0.3, -0.25) is 4.40 Å². The maximum atomic E-state index is 10.6. The standard InChI is InChI=1S/C7H6N2O2S.Na/c1-4-6(7(10)11)9-3-8-2-5(9)12-4;/h2-3H,1H3,(H,10,11);/q;+1/p-1. The van der Waals surface area contributed by atoms with Crippen LogP contribution in [0.15, 0.2) is 12.5 Å². The fourth-order valence-electron chi connectivity index (χ4n) is 1.14. The largest absolute Gasteiger partial charge is 1.00 e. The molecule has 4 nitrogen and oxygen atoms in total. The molecule has 0 spiro atoms. The second kappa shape index (κ2) is 3.79. The van der Waals surface area contributed by atoms with Crippen molar-refractivity contribution in [3.05, 3.63) is 23.1 Å². The Morgan fingerprint density at radius 3 is 3.00 bits per heavy atom. The number of carboxylic acids is 1. The molecule has 0 fully saturated rings. The maximum Gasteiger partial charge on any atom is 1.00 e. The third-order valence-electron chi connectivity index (χ3n) is 1.63. The summed E-state index contributed by atoms with van der Waals surface area (Å²) in [6, 6.07) is 0. The third kappa shape index (κ3) is 1.65. The number of aryl methyl sites for hydroxylation is 1. The van der Waals surface area contributed by atoms with Crippen LogP contribution in [0.3, 0.4) is 0 Å². The van der Waals surface area contributed by atoms with Crippen molar-refractivity contribution in [1.82, 2.24) is 9.38 Å². The van der Waals surface area contributed by atoms with Crippen LogP contribution in [0.1, 0.15) is 15.4 Å². The summed E-state index contributed by atoms with van der Waals surface area (Å²) in [6.45, 7) is 1.75. The van der Waals surface area contributed by atoms with Crippen molar-refractivity contribution >= 4 is 22.1 Å². The average Bonchev–Trinajstić information content (AvgIpc) is 2.44. The molecule has 0 aliphatic carbocycles. The SMILES string of the molecule is Cc1sc2cncn2c1C(=O)[O-].[Na+]. The first-order valence-corrected chi connectivity index (χ1v) is 4.14. The number of rotatable bonds is 1. The molecule has 2 heterocycles. The van der Waals surface area contributed by atoms with E-state index in [9.17, 15) is 9.90 Å². The van der Waals surface area contributed by atoms with E-state index in [4.69, 9.17) is 0 Å². The van der Waals surface area contributed by atoms with E-state index in [2.05, 4.69) is 4.98 Å². The molecular formula is C7H5N2NaO2S. The van der Waals surface area contributed by atoms with Crippen LogP contribution in [0.25, 0.3) is 4.83 Å². The van der Waals surface area contributed by atoms with E-state index in [1.54, 1.807) is 13.1 Å². The molecule has 0 saturated carbocycles. The molecule has 6 heteroatoms. The Kier molecular flexibility index (Phi) is 3.13. The van der Waals surface area contributed by atoms with Crippen molar-refractivity contribution in [3.63, 3.8) is 0 Å². The summed E-state index contributed by atoms with van der Waals surface area (Å²) >= 11 is 1.39. The van der Waals surface area contributed by atoms with E-state index in [-0.39, 0.29) is 35.3 Å². The summed E-state index contributed by atoms with van der Waals surface area (Å²) in [7, 11) is 0. The molecule has 0 aliphatic heterocycles. The molecule has 0 atom stereocenters. The number of carbonyl (C=O) groups excluding carboxylic acids is 1. The number of carboxylic acid groups (broad SMARTS) is 1. The second-order valence-corrected chi connectivity index (χ2v) is 3.63. The number of aromatic carboxylic acids is 1. The number of imidazole rings is 1. The Balaban J connectivity index is 0.000000845. The summed E-state index contributed by atoms with van der Waals surface area (Å²) in [4.78, 5) is 16.0. The van der Waals surface area contributed by atoms with Crippen molar-refractivity contribution < 1.29 is 39.5 Å². The molecule has 0 aliphatic rings. The smallest absolute Gasteiger partial charge is 0.543 e. The Labute approximate surface area is 101 Å². The minimum atomic E-state index is -1.16. The first kappa shape index (κ1) is 10.7. The van der Waals surface area contributed by atoms with Crippen molar-refractivity contribution in [2.45, 2.75) is 6.92 Å². The predicted molar refractivity (Wildman–Crippen MR) is 42.1 cm³/mol. The van der Waals surface area contributed by atoms with Gasteiger partial charge in [-0.25, -0.2) is 4.98 Å². The van der Waals surface area contributed by atoms with Crippen LogP contribution in [0, 0.1) is 6.92 Å². The van der Waals surface area contributed by atoms with Gasteiger partial charge >= 0.3 is 29.6 Å². The number of hydrogen-bond acceptors (Lipinski definition) is 4. The molecule has 0 bridgehead atoms. The zero-order valence-electron chi connectivity index (χ0n) is 7.27. The summed E-state index contributed by atoms with van der Waals surface area (Å²) in [5.41, 5.74) is 0.201. The fraction of sp³-hybridized carbons (Fsp3) is 0.143. The van der Waals surface area contributed by atoms with Gasteiger partial charge in [0.1, 0.15) is 11.2 Å². The van der Waals surface area contributed by atoms with E-state index in [1.165, 1.54) is 22.1 Å². The van der Waals surface area contributed by atoms with Gasteiger partial charge in [0, 0.05) is 4.88 Å². The summed E-state index contributed by atoms with van der Waals surface area (Å²) in [5.74, 6) is -1.16. The van der Waals surface area contributed by atoms with Crippen molar-refractivity contribution in [1.29, 1.82) is 0 Å². The van der Waals surface area contributed by atoms with Crippen LogP contribution in [0.4, 0.5) is 0 Å². The van der Waals surface area contributed by atoms with Crippen LogP contribution < -0.4 is 34.7 Å². The molecule has 0 aromatic carbocycles. The van der Waals surface area contributed by atoms with E-state index in [0.717, 1.165) is 9.71 Å². The Morgan fingerprint density at radius 1 is 1.69 bits per heavy atom. The number of fused-ring (bicyclic) bond motifs is 1. The Morgan fingerprint density at radius 2 is 2.38 bits per heavy atom. The monoisotopic (exact) mass is 204 g/mol. The molecule has 0 N–H and O–H groups in total. The summed E-state index contributed by atoms with van der Waals surface area (Å²) in [5, 5.41) is 10.6. The van der Waals surface area contributed by atoms with Gasteiger partial charge in [-0.05, 0) is 6.92 Å². The van der Waals surface area contributed by atoms with Crippen LogP contribution in [0.5, 0.6) is 0 Å². The van der Waals surface area contributed by atoms with Crippen LogP contribution in [0.2, 0.25) is 0 Å². The van der Waals surface area contributed by atoms with E-state index < -0.39 is 5.97 Å². The number of carbonyl (C=O) groups is 1. The molecule has 2 aromatic rings. The number of nitrogens with zero attached hydrogens (tertiary/aromatic N) is 2. The molecular weight excluding hydrogens is 199 g/mol. The third-order valence-corrected chi connectivity index (χ3v) is 2.64. The quantitative estimate of drug-likeness (QED) is 0.467. The molecule has 62 valence electrons. The Bertz CT molecular complexity index is 448. The zero-order valence-corrected chi connectivity index (χ0v) is 10.1. The van der Waals surface area contributed by atoms with Gasteiger partial charge in [0.15, 0.2) is 0 Å². The van der Waals surface area contributed by atoms with Crippen molar-refractivity contribution in [3.8, 4) is 0 Å². The predicted octanol–water partition coefficient (Wildman–Crippen LogP) is -2.93. The zero-order chi connectivity index (χ0) is 8.72. The van der Waals surface area contributed by atoms with Crippen molar-refractivity contribution in [2.75, 3.05) is 0 Å². The van der Waals surface area contributed by atoms with E-state index in [0.29, 0.717) is 0 Å². The minimum absolute atomic E-state index is 0. The fourth-order valence-corrected chi connectivity index (χ4v) is 2.09. The van der Waals surface area contributed by atoms with Gasteiger partial charge in [-0.15, -0.1) is 11.3 Å². The Hall–Kier alpha value is -0.360. The van der Waals surface area contributed by atoms with E-state index in [1.807, 2.05) is 0 Å². The van der Waals surface area contributed by atoms with Gasteiger partial charge in [0.05, 0.1) is 17.9 Å². The molecule has 2 rings (SSSR count). The molecule has 0 radical (unpaired) electrons. The minimum Gasteiger partial charge on any atom is -0.543 e. The summed E-state index contributed by atoms with van der Waals surface area (Å²) in [6.07, 6.45) is 3.11. The van der Waals surface area contributed by atoms with E-state index >= 15 is 0 Å². The number of thiazole rings is 1. The second-order valence-electron chi connectivity index (χ2n) is 2.40. The molecule has 13 heavy (non-hydrogen) atoms. The average molecular weight is 204 g/mol. The van der Waals surface area contributed by atoms with Gasteiger partial charge in [0.2, 0.25) is 0 Å². The van der Waals surface area contributed by atoms with Crippen LogP contribution >= 0.6 is 11.3 Å². The normalized spacial score (nSPS) is 9.92. The van der Waals surface area contributed by atoms with Gasteiger partial charge < -0.3 is 9.90 Å². The molecule has 0 unspecified atom stereocenters. The van der Waals surface area contributed by atoms with Crippen LogP contribution in [-0.4, -0.2) is 15.4 Å². The maximum absolute atomic E-state index is 10.6. The van der Waals surface area contributed by atoms with Gasteiger partial charge in [-0.2, -0.15) is 0 Å². The molecule has 0 saturated heterocycles. The first-order chi connectivity index (χ1) is 5.70. The van der Waals surface area contributed by atoms with Crippen molar-refractivity contribution in [2.24, 2.45) is 0 Å². The number of aromatic nitrogens is 2. The number of hydrogen-bond donors (Lipinski definition) is 0. The summed E-state index contributed by atoms with van der Waals surface area (Å²) < 4.78 is 1.52. The molecule has 2 aromatic heterocycles. The van der Waals surface area contributed by atoms with Gasteiger partial charge in [-0.1, -0.05) is 0 Å². The topological polar surface area (TPSA) is 57.4 Å². The van der Waals surface area contributed by atoms with Gasteiger partial charge in [0.25, 0.3) is 0 Å². The first-order valence-electron chi connectivity index (χ1n) is 3.33. The molecule has 0 amide bonds.